The van der Waals surface area contributed by atoms with Crippen LogP contribution in [0.25, 0.3) is 11.1 Å². The van der Waals surface area contributed by atoms with E-state index in [4.69, 9.17) is 4.74 Å². The molecule has 0 spiro atoms. The van der Waals surface area contributed by atoms with Crippen molar-refractivity contribution in [2.24, 2.45) is 0 Å². The molecule has 0 saturated heterocycles. The van der Waals surface area contributed by atoms with Crippen molar-refractivity contribution in [3.8, 4) is 11.1 Å². The number of nitriles is 1. The van der Waals surface area contributed by atoms with Gasteiger partial charge in [0.1, 0.15) is 16.6 Å². The lowest BCUT2D eigenvalue weighted by molar-refractivity contribution is -0.112. The van der Waals surface area contributed by atoms with Crippen molar-refractivity contribution in [1.82, 2.24) is 4.57 Å². The molecule has 0 radical (unpaired) electrons. The first-order valence-electron chi connectivity index (χ1n) is 12.4. The second kappa shape index (κ2) is 11.0. The summed E-state index contributed by atoms with van der Waals surface area (Å²) in [5.74, 6) is -0.743. The smallest absolute Gasteiger partial charge is 0.341 e. The summed E-state index contributed by atoms with van der Waals surface area (Å²) in [4.78, 5) is 27.1. The first-order chi connectivity index (χ1) is 17.4. The molecule has 3 aromatic rings. The van der Waals surface area contributed by atoms with Gasteiger partial charge in [-0.2, -0.15) is 5.26 Å². The monoisotopic (exact) mass is 501 g/mol. The molecule has 36 heavy (non-hydrogen) atoms. The second-order valence-corrected chi connectivity index (χ2v) is 10.0. The molecule has 0 atom stereocenters. The standard InChI is InChI=1S/C29H31N3O3S/c1-5-20-11-13-23(14-12-20)31-27(33)22(17-30)16-21-15-18(3)32(19(21)4)28-26(29(34)35-6-2)24-9-7-8-10-25(24)36-28/h11-16H,5-10H2,1-4H3,(H,31,33)/b22-16+. The number of ether oxygens (including phenoxy) is 1. The van der Waals surface area contributed by atoms with Gasteiger partial charge in [0.25, 0.3) is 5.91 Å². The minimum atomic E-state index is -0.453. The Morgan fingerprint density at radius 2 is 1.89 bits per heavy atom. The van der Waals surface area contributed by atoms with Crippen molar-refractivity contribution in [3.63, 3.8) is 0 Å². The van der Waals surface area contributed by atoms with Crippen molar-refractivity contribution < 1.29 is 14.3 Å². The van der Waals surface area contributed by atoms with Crippen LogP contribution in [0.4, 0.5) is 5.69 Å². The molecule has 1 aromatic carbocycles. The molecule has 0 aliphatic heterocycles. The largest absolute Gasteiger partial charge is 0.462 e. The number of aromatic nitrogens is 1. The van der Waals surface area contributed by atoms with Gasteiger partial charge in [-0.05, 0) is 93.8 Å². The average molecular weight is 502 g/mol. The van der Waals surface area contributed by atoms with E-state index in [1.165, 1.54) is 10.4 Å². The maximum absolute atomic E-state index is 13.0. The van der Waals surface area contributed by atoms with Gasteiger partial charge in [-0.25, -0.2) is 4.79 Å². The molecule has 1 aliphatic rings. The van der Waals surface area contributed by atoms with Gasteiger partial charge >= 0.3 is 5.97 Å². The van der Waals surface area contributed by atoms with Crippen LogP contribution in [-0.4, -0.2) is 23.1 Å². The molecule has 186 valence electrons. The molecular weight excluding hydrogens is 470 g/mol. The van der Waals surface area contributed by atoms with Crippen molar-refractivity contribution in [3.05, 3.63) is 74.4 Å². The third-order valence-corrected chi connectivity index (χ3v) is 7.87. The number of benzene rings is 1. The fourth-order valence-corrected chi connectivity index (χ4v) is 6.18. The third kappa shape index (κ3) is 5.00. The maximum Gasteiger partial charge on any atom is 0.341 e. The number of anilines is 1. The third-order valence-electron chi connectivity index (χ3n) is 6.59. The van der Waals surface area contributed by atoms with E-state index in [0.29, 0.717) is 17.9 Å². The summed E-state index contributed by atoms with van der Waals surface area (Å²) in [6.07, 6.45) is 6.56. The Kier molecular flexibility index (Phi) is 7.76. The summed E-state index contributed by atoms with van der Waals surface area (Å²) in [5, 5.41) is 13.4. The molecule has 0 saturated carbocycles. The summed E-state index contributed by atoms with van der Waals surface area (Å²) >= 11 is 1.64. The quantitative estimate of drug-likeness (QED) is 0.233. The number of carbonyl (C=O) groups is 2. The van der Waals surface area contributed by atoms with E-state index in [2.05, 4.69) is 16.8 Å². The van der Waals surface area contributed by atoms with Gasteiger partial charge < -0.3 is 14.6 Å². The van der Waals surface area contributed by atoms with Gasteiger partial charge in [0, 0.05) is 22.0 Å². The summed E-state index contributed by atoms with van der Waals surface area (Å²) in [6, 6.07) is 11.6. The summed E-state index contributed by atoms with van der Waals surface area (Å²) < 4.78 is 7.49. The highest BCUT2D eigenvalue weighted by Crippen LogP contribution is 2.39. The number of nitrogens with one attached hydrogen (secondary N) is 1. The van der Waals surface area contributed by atoms with Crippen LogP contribution in [0.1, 0.15) is 70.0 Å². The highest BCUT2D eigenvalue weighted by molar-refractivity contribution is 7.15. The number of hydrogen-bond donors (Lipinski definition) is 1. The minimum absolute atomic E-state index is 0.0194. The van der Waals surface area contributed by atoms with E-state index in [0.717, 1.165) is 59.6 Å². The first-order valence-corrected chi connectivity index (χ1v) is 13.2. The van der Waals surface area contributed by atoms with Crippen LogP contribution in [0.15, 0.2) is 35.9 Å². The number of thiophene rings is 1. The highest BCUT2D eigenvalue weighted by atomic mass is 32.1. The van der Waals surface area contributed by atoms with Crippen LogP contribution in [-0.2, 0) is 28.8 Å². The van der Waals surface area contributed by atoms with Crippen molar-refractivity contribution in [2.75, 3.05) is 11.9 Å². The molecule has 2 aromatic heterocycles. The fraction of sp³-hybridized carbons (Fsp3) is 0.345. The first kappa shape index (κ1) is 25.5. The summed E-state index contributed by atoms with van der Waals surface area (Å²) in [6.45, 7) is 8.13. The van der Waals surface area contributed by atoms with Crippen LogP contribution in [0.3, 0.4) is 0 Å². The number of esters is 1. The van der Waals surface area contributed by atoms with Gasteiger partial charge in [-0.3, -0.25) is 4.79 Å². The van der Waals surface area contributed by atoms with Gasteiger partial charge in [0.15, 0.2) is 0 Å². The molecule has 1 N–H and O–H groups in total. The molecule has 0 bridgehead atoms. The summed E-state index contributed by atoms with van der Waals surface area (Å²) in [5.41, 5.74) is 6.16. The number of fused-ring (bicyclic) bond motifs is 1. The Morgan fingerprint density at radius 1 is 1.17 bits per heavy atom. The van der Waals surface area contributed by atoms with Crippen LogP contribution < -0.4 is 5.32 Å². The predicted molar refractivity (Wildman–Crippen MR) is 144 cm³/mol. The topological polar surface area (TPSA) is 84.1 Å². The van der Waals surface area contributed by atoms with Crippen LogP contribution in [0, 0.1) is 25.2 Å². The van der Waals surface area contributed by atoms with Crippen molar-refractivity contribution in [1.29, 1.82) is 5.26 Å². The molecule has 0 fully saturated rings. The lowest BCUT2D eigenvalue weighted by Gasteiger charge is -2.13. The van der Waals surface area contributed by atoms with Crippen molar-refractivity contribution in [2.45, 2.75) is 59.8 Å². The molecule has 0 unspecified atom stereocenters. The highest BCUT2D eigenvalue weighted by Gasteiger charge is 2.28. The zero-order valence-electron chi connectivity index (χ0n) is 21.2. The Labute approximate surface area is 216 Å². The Hall–Kier alpha value is -3.63. The van der Waals surface area contributed by atoms with Crippen LogP contribution in [0.2, 0.25) is 0 Å². The Morgan fingerprint density at radius 3 is 2.56 bits per heavy atom. The lowest BCUT2D eigenvalue weighted by atomic mass is 9.95. The number of nitrogens with zero attached hydrogens (tertiary/aromatic N) is 2. The molecule has 1 amide bonds. The second-order valence-electron chi connectivity index (χ2n) is 8.95. The number of rotatable bonds is 7. The Balaban J connectivity index is 1.70. The van der Waals surface area contributed by atoms with E-state index in [1.807, 2.05) is 57.2 Å². The van der Waals surface area contributed by atoms with E-state index in [-0.39, 0.29) is 11.5 Å². The number of carbonyl (C=O) groups excluding carboxylic acids is 2. The average Bonchev–Trinajstić information content (AvgIpc) is 3.38. The lowest BCUT2D eigenvalue weighted by Crippen LogP contribution is -2.13. The van der Waals surface area contributed by atoms with E-state index in [9.17, 15) is 14.9 Å². The molecule has 7 heteroatoms. The van der Waals surface area contributed by atoms with Gasteiger partial charge in [-0.1, -0.05) is 19.1 Å². The van der Waals surface area contributed by atoms with Gasteiger partial charge in [0.2, 0.25) is 0 Å². The molecule has 6 nitrogen and oxygen atoms in total. The zero-order chi connectivity index (χ0) is 25.8. The van der Waals surface area contributed by atoms with Crippen LogP contribution >= 0.6 is 11.3 Å². The van der Waals surface area contributed by atoms with Gasteiger partial charge in [-0.15, -0.1) is 11.3 Å². The number of hydrogen-bond acceptors (Lipinski definition) is 5. The fourth-order valence-electron chi connectivity index (χ4n) is 4.70. The van der Waals surface area contributed by atoms with E-state index >= 15 is 0 Å². The van der Waals surface area contributed by atoms with Gasteiger partial charge in [0.05, 0.1) is 12.2 Å². The maximum atomic E-state index is 13.0. The van der Waals surface area contributed by atoms with Crippen molar-refractivity contribution >= 4 is 35.0 Å². The predicted octanol–water partition coefficient (Wildman–Crippen LogP) is 6.32. The molecule has 4 rings (SSSR count). The molecule has 2 heterocycles. The SMILES string of the molecule is CCOC(=O)c1c(-n2c(C)cc(/C=C(\C#N)C(=O)Nc3ccc(CC)cc3)c2C)sc2c1CCCC2. The normalized spacial score (nSPS) is 13.1. The number of amides is 1. The van der Waals surface area contributed by atoms with Crippen LogP contribution in [0.5, 0.6) is 0 Å². The summed E-state index contributed by atoms with van der Waals surface area (Å²) in [7, 11) is 0. The zero-order valence-corrected chi connectivity index (χ0v) is 22.1. The molecular formula is C29H31N3O3S. The minimum Gasteiger partial charge on any atom is -0.462 e. The van der Waals surface area contributed by atoms with E-state index < -0.39 is 5.91 Å². The van der Waals surface area contributed by atoms with E-state index in [1.54, 1.807) is 17.4 Å². The molecule has 1 aliphatic carbocycles. The Bertz CT molecular complexity index is 1370. The number of aryl methyl sites for hydroxylation is 3.